The first-order valence-corrected chi connectivity index (χ1v) is 9.71. The van der Waals surface area contributed by atoms with Gasteiger partial charge in [0.1, 0.15) is 0 Å². The maximum Gasteiger partial charge on any atom is 0.341 e. The molecule has 0 spiro atoms. The second-order valence-corrected chi connectivity index (χ2v) is 8.31. The van der Waals surface area contributed by atoms with Gasteiger partial charge in [0.2, 0.25) is 15.7 Å². The Labute approximate surface area is 150 Å². The van der Waals surface area contributed by atoms with Crippen LogP contribution in [0.15, 0.2) is 33.7 Å². The summed E-state index contributed by atoms with van der Waals surface area (Å²) >= 11 is 0. The molecule has 2 heterocycles. The van der Waals surface area contributed by atoms with Crippen LogP contribution in [-0.2, 0) is 9.84 Å². The van der Waals surface area contributed by atoms with Crippen molar-refractivity contribution < 1.29 is 21.7 Å². The lowest BCUT2D eigenvalue weighted by Crippen LogP contribution is -2.33. The van der Waals surface area contributed by atoms with Crippen molar-refractivity contribution >= 4 is 21.5 Å². The molecule has 0 atom stereocenters. The van der Waals surface area contributed by atoms with E-state index in [-0.39, 0.29) is 10.8 Å². The van der Waals surface area contributed by atoms with E-state index < -0.39 is 15.6 Å². The summed E-state index contributed by atoms with van der Waals surface area (Å²) in [4.78, 5) is 7.87. The standard InChI is InChI=1S/C16H20F2N4O3S/c1-21(2)16-19-14(25-20-16)11-7-9-22(10-8-11)12-3-5-13(6-4-12)26(23,24)15(17)18/h3-6,11,15H,7-10H2,1-2H3. The van der Waals surface area contributed by atoms with Crippen molar-refractivity contribution in [3.8, 4) is 0 Å². The third-order valence-electron chi connectivity index (χ3n) is 4.44. The maximum absolute atomic E-state index is 12.6. The van der Waals surface area contributed by atoms with Crippen LogP contribution in [0.3, 0.4) is 0 Å². The molecule has 0 amide bonds. The van der Waals surface area contributed by atoms with E-state index in [2.05, 4.69) is 15.0 Å². The average molecular weight is 386 g/mol. The fourth-order valence-corrected chi connectivity index (χ4v) is 3.63. The van der Waals surface area contributed by atoms with Crippen molar-refractivity contribution in [3.05, 3.63) is 30.2 Å². The van der Waals surface area contributed by atoms with Crippen LogP contribution >= 0.6 is 0 Å². The molecule has 10 heteroatoms. The Balaban J connectivity index is 1.64. The highest BCUT2D eigenvalue weighted by atomic mass is 32.2. The highest BCUT2D eigenvalue weighted by Crippen LogP contribution is 2.31. The van der Waals surface area contributed by atoms with Gasteiger partial charge in [-0.1, -0.05) is 0 Å². The monoisotopic (exact) mass is 386 g/mol. The van der Waals surface area contributed by atoms with Crippen LogP contribution in [0.1, 0.15) is 24.7 Å². The van der Waals surface area contributed by atoms with Crippen LogP contribution in [0.25, 0.3) is 0 Å². The summed E-state index contributed by atoms with van der Waals surface area (Å²) in [6, 6.07) is 5.58. The molecule has 1 aromatic carbocycles. The van der Waals surface area contributed by atoms with Crippen molar-refractivity contribution in [3.63, 3.8) is 0 Å². The number of aromatic nitrogens is 2. The molecule has 0 saturated carbocycles. The second kappa shape index (κ2) is 7.18. The summed E-state index contributed by atoms with van der Waals surface area (Å²) < 4.78 is 53.5. The molecule has 1 saturated heterocycles. The second-order valence-electron chi connectivity index (χ2n) is 6.39. The largest absolute Gasteiger partial charge is 0.371 e. The summed E-state index contributed by atoms with van der Waals surface area (Å²) in [6.07, 6.45) is 1.62. The number of hydrogen-bond donors (Lipinski definition) is 0. The van der Waals surface area contributed by atoms with Crippen molar-refractivity contribution in [1.82, 2.24) is 10.1 Å². The minimum atomic E-state index is -4.56. The molecule has 142 valence electrons. The van der Waals surface area contributed by atoms with Gasteiger partial charge in [0, 0.05) is 38.8 Å². The van der Waals surface area contributed by atoms with Crippen LogP contribution in [0, 0.1) is 0 Å². The van der Waals surface area contributed by atoms with E-state index in [1.807, 2.05) is 14.1 Å². The van der Waals surface area contributed by atoms with Gasteiger partial charge in [0.25, 0.3) is 5.95 Å². The van der Waals surface area contributed by atoms with Crippen LogP contribution in [0.2, 0.25) is 0 Å². The van der Waals surface area contributed by atoms with Crippen LogP contribution < -0.4 is 9.80 Å². The third-order valence-corrected chi connectivity index (χ3v) is 5.84. The highest BCUT2D eigenvalue weighted by molar-refractivity contribution is 7.91. The lowest BCUT2D eigenvalue weighted by Gasteiger charge is -2.32. The van der Waals surface area contributed by atoms with Gasteiger partial charge in [-0.2, -0.15) is 13.8 Å². The van der Waals surface area contributed by atoms with E-state index in [0.29, 0.717) is 11.8 Å². The topological polar surface area (TPSA) is 79.5 Å². The highest BCUT2D eigenvalue weighted by Gasteiger charge is 2.28. The summed E-state index contributed by atoms with van der Waals surface area (Å²) in [5.41, 5.74) is 0.802. The molecule has 3 rings (SSSR count). The Morgan fingerprint density at radius 3 is 2.31 bits per heavy atom. The zero-order chi connectivity index (χ0) is 18.9. The molecule has 0 unspecified atom stereocenters. The number of benzene rings is 1. The van der Waals surface area contributed by atoms with E-state index >= 15 is 0 Å². The molecule has 2 aromatic rings. The van der Waals surface area contributed by atoms with Gasteiger partial charge in [-0.3, -0.25) is 0 Å². The summed E-state index contributed by atoms with van der Waals surface area (Å²) in [5, 5.41) is 3.92. The van der Waals surface area contributed by atoms with Crippen molar-refractivity contribution in [1.29, 1.82) is 0 Å². The van der Waals surface area contributed by atoms with Crippen LogP contribution in [0.4, 0.5) is 20.4 Å². The molecular formula is C16H20F2N4O3S. The molecule has 1 aliphatic heterocycles. The first kappa shape index (κ1) is 18.6. The predicted molar refractivity (Wildman–Crippen MR) is 92.4 cm³/mol. The Hall–Kier alpha value is -2.23. The summed E-state index contributed by atoms with van der Waals surface area (Å²) in [7, 11) is -0.873. The van der Waals surface area contributed by atoms with Crippen molar-refractivity contribution in [2.75, 3.05) is 37.0 Å². The first-order valence-electron chi connectivity index (χ1n) is 8.17. The minimum Gasteiger partial charge on any atom is -0.371 e. The molecule has 1 aliphatic rings. The molecule has 7 nitrogen and oxygen atoms in total. The maximum atomic E-state index is 12.6. The summed E-state index contributed by atoms with van der Waals surface area (Å²) in [5.74, 6) is -2.08. The summed E-state index contributed by atoms with van der Waals surface area (Å²) in [6.45, 7) is 1.45. The molecule has 0 N–H and O–H groups in total. The van der Waals surface area contributed by atoms with Gasteiger partial charge >= 0.3 is 5.76 Å². The van der Waals surface area contributed by atoms with E-state index in [9.17, 15) is 17.2 Å². The van der Waals surface area contributed by atoms with Gasteiger partial charge in [-0.25, -0.2) is 8.42 Å². The van der Waals surface area contributed by atoms with Gasteiger partial charge in [0.05, 0.1) is 4.90 Å². The first-order chi connectivity index (χ1) is 12.3. The van der Waals surface area contributed by atoms with E-state index in [1.165, 1.54) is 12.1 Å². The predicted octanol–water partition coefficient (Wildman–Crippen LogP) is 2.52. The number of halogens is 2. The number of alkyl halides is 2. The zero-order valence-corrected chi connectivity index (χ0v) is 15.3. The molecular weight excluding hydrogens is 366 g/mol. The fourth-order valence-electron chi connectivity index (χ4n) is 2.91. The minimum absolute atomic E-state index is 0.172. The fraction of sp³-hybridized carbons (Fsp3) is 0.500. The Morgan fingerprint density at radius 2 is 1.81 bits per heavy atom. The van der Waals surface area contributed by atoms with Gasteiger partial charge in [-0.05, 0) is 42.3 Å². The Bertz CT molecular complexity index is 845. The molecule has 0 radical (unpaired) electrons. The zero-order valence-electron chi connectivity index (χ0n) is 14.5. The number of anilines is 2. The number of hydrogen-bond acceptors (Lipinski definition) is 7. The Kier molecular flexibility index (Phi) is 5.12. The average Bonchev–Trinajstić information content (AvgIpc) is 3.12. The van der Waals surface area contributed by atoms with E-state index in [0.717, 1.165) is 31.6 Å². The normalized spacial score (nSPS) is 16.3. The molecule has 0 bridgehead atoms. The van der Waals surface area contributed by atoms with Crippen molar-refractivity contribution in [2.24, 2.45) is 0 Å². The van der Waals surface area contributed by atoms with Gasteiger partial charge in [-0.15, -0.1) is 0 Å². The number of rotatable bonds is 5. The number of nitrogens with zero attached hydrogens (tertiary/aromatic N) is 4. The van der Waals surface area contributed by atoms with E-state index in [4.69, 9.17) is 4.52 Å². The quantitative estimate of drug-likeness (QED) is 0.781. The Morgan fingerprint density at radius 1 is 1.19 bits per heavy atom. The number of piperidine rings is 1. The molecule has 1 fully saturated rings. The van der Waals surface area contributed by atoms with Crippen molar-refractivity contribution in [2.45, 2.75) is 29.4 Å². The lowest BCUT2D eigenvalue weighted by molar-refractivity contribution is 0.234. The smallest absolute Gasteiger partial charge is 0.341 e. The van der Waals surface area contributed by atoms with Crippen LogP contribution in [-0.4, -0.2) is 51.5 Å². The SMILES string of the molecule is CN(C)c1noc(C2CCN(c3ccc(S(=O)(=O)C(F)F)cc3)CC2)n1. The van der Waals surface area contributed by atoms with Crippen LogP contribution in [0.5, 0.6) is 0 Å². The lowest BCUT2D eigenvalue weighted by atomic mass is 9.96. The molecule has 0 aliphatic carbocycles. The molecule has 26 heavy (non-hydrogen) atoms. The third kappa shape index (κ3) is 3.64. The molecule has 1 aromatic heterocycles. The van der Waals surface area contributed by atoms with Gasteiger partial charge in [0.15, 0.2) is 0 Å². The van der Waals surface area contributed by atoms with Gasteiger partial charge < -0.3 is 14.3 Å². The number of sulfone groups is 1. The van der Waals surface area contributed by atoms with E-state index in [1.54, 1.807) is 17.0 Å².